The van der Waals surface area contributed by atoms with E-state index in [2.05, 4.69) is 39.1 Å². The lowest BCUT2D eigenvalue weighted by molar-refractivity contribution is 0.0605. The predicted molar refractivity (Wildman–Crippen MR) is 99.7 cm³/mol. The third kappa shape index (κ3) is 2.75. The molecule has 3 aromatic rings. The minimum Gasteiger partial charge on any atom is -0.465 e. The van der Waals surface area contributed by atoms with E-state index < -0.39 is 0 Å². The number of nitrogens with zero attached hydrogens (tertiary/aromatic N) is 3. The topological polar surface area (TPSA) is 55.3 Å². The molecule has 25 heavy (non-hydrogen) atoms. The first kappa shape index (κ1) is 16.3. The van der Waals surface area contributed by atoms with Crippen molar-refractivity contribution in [3.05, 3.63) is 51.1 Å². The zero-order valence-corrected chi connectivity index (χ0v) is 15.4. The highest BCUT2D eigenvalue weighted by Gasteiger charge is 2.25. The number of anilines is 1. The monoisotopic (exact) mass is 373 g/mol. The molecule has 0 amide bonds. The van der Waals surface area contributed by atoms with E-state index in [0.717, 1.165) is 36.3 Å². The maximum atomic E-state index is 12.0. The second kappa shape index (κ2) is 6.28. The SMILES string of the molecule is COC(=O)c1sc2nc(Cl)nc(N3CCc4ccccc4C3)c2c1C. The molecule has 7 heteroatoms. The minimum atomic E-state index is -0.355. The van der Waals surface area contributed by atoms with E-state index >= 15 is 0 Å². The molecule has 0 aliphatic carbocycles. The van der Waals surface area contributed by atoms with Crippen LogP contribution in [0.5, 0.6) is 0 Å². The molecule has 0 spiro atoms. The van der Waals surface area contributed by atoms with E-state index in [4.69, 9.17) is 16.3 Å². The van der Waals surface area contributed by atoms with Gasteiger partial charge in [0.1, 0.15) is 15.5 Å². The number of rotatable bonds is 2. The van der Waals surface area contributed by atoms with Gasteiger partial charge in [-0.2, -0.15) is 4.98 Å². The van der Waals surface area contributed by atoms with Crippen molar-refractivity contribution in [1.29, 1.82) is 0 Å². The van der Waals surface area contributed by atoms with Crippen LogP contribution in [0.15, 0.2) is 24.3 Å². The zero-order chi connectivity index (χ0) is 17.6. The van der Waals surface area contributed by atoms with Gasteiger partial charge in [-0.1, -0.05) is 24.3 Å². The predicted octanol–water partition coefficient (Wildman–Crippen LogP) is 4.00. The van der Waals surface area contributed by atoms with Crippen molar-refractivity contribution in [3.63, 3.8) is 0 Å². The molecule has 4 rings (SSSR count). The third-order valence-corrected chi connectivity index (χ3v) is 5.88. The van der Waals surface area contributed by atoms with Crippen molar-refractivity contribution in [3.8, 4) is 0 Å². The van der Waals surface area contributed by atoms with Crippen LogP contribution >= 0.6 is 22.9 Å². The Hall–Kier alpha value is -2.18. The summed E-state index contributed by atoms with van der Waals surface area (Å²) in [6.45, 7) is 3.52. The molecule has 0 atom stereocenters. The highest BCUT2D eigenvalue weighted by molar-refractivity contribution is 7.20. The summed E-state index contributed by atoms with van der Waals surface area (Å²) in [4.78, 5) is 24.3. The van der Waals surface area contributed by atoms with E-state index in [9.17, 15) is 4.79 Å². The largest absolute Gasteiger partial charge is 0.465 e. The molecule has 0 fully saturated rings. The summed E-state index contributed by atoms with van der Waals surface area (Å²) >= 11 is 7.46. The van der Waals surface area contributed by atoms with Crippen LogP contribution in [-0.2, 0) is 17.7 Å². The van der Waals surface area contributed by atoms with Gasteiger partial charge in [0.25, 0.3) is 0 Å². The van der Waals surface area contributed by atoms with Crippen molar-refractivity contribution in [2.24, 2.45) is 0 Å². The maximum Gasteiger partial charge on any atom is 0.348 e. The molecule has 0 saturated carbocycles. The molecule has 5 nitrogen and oxygen atoms in total. The number of halogens is 1. The molecule has 1 aliphatic rings. The van der Waals surface area contributed by atoms with Crippen LogP contribution in [0.25, 0.3) is 10.2 Å². The van der Waals surface area contributed by atoms with Gasteiger partial charge in [-0.05, 0) is 41.6 Å². The summed E-state index contributed by atoms with van der Waals surface area (Å²) in [5.41, 5.74) is 3.50. The van der Waals surface area contributed by atoms with E-state index in [1.807, 2.05) is 6.92 Å². The molecule has 0 unspecified atom stereocenters. The number of carbonyl (C=O) groups excluding carboxylic acids is 1. The Morgan fingerprint density at radius 3 is 2.80 bits per heavy atom. The summed E-state index contributed by atoms with van der Waals surface area (Å²) in [7, 11) is 1.38. The Bertz CT molecular complexity index is 986. The smallest absolute Gasteiger partial charge is 0.348 e. The van der Waals surface area contributed by atoms with Crippen LogP contribution in [0.2, 0.25) is 5.28 Å². The quantitative estimate of drug-likeness (QED) is 0.502. The Morgan fingerprint density at radius 1 is 1.28 bits per heavy atom. The molecule has 1 aromatic carbocycles. The van der Waals surface area contributed by atoms with Gasteiger partial charge in [0.2, 0.25) is 5.28 Å². The summed E-state index contributed by atoms with van der Waals surface area (Å²) in [6, 6.07) is 8.43. The van der Waals surface area contributed by atoms with Crippen molar-refractivity contribution >= 4 is 44.9 Å². The number of fused-ring (bicyclic) bond motifs is 2. The molecule has 0 bridgehead atoms. The zero-order valence-electron chi connectivity index (χ0n) is 13.9. The second-order valence-corrected chi connectivity index (χ2v) is 7.32. The van der Waals surface area contributed by atoms with Gasteiger partial charge >= 0.3 is 5.97 Å². The lowest BCUT2D eigenvalue weighted by atomic mass is 9.99. The van der Waals surface area contributed by atoms with Gasteiger partial charge in [0.15, 0.2) is 0 Å². The highest BCUT2D eigenvalue weighted by Crippen LogP contribution is 2.38. The molecule has 0 N–H and O–H groups in total. The average Bonchev–Trinajstić information content (AvgIpc) is 2.96. The number of thiophene rings is 1. The molecule has 0 radical (unpaired) electrons. The van der Waals surface area contributed by atoms with E-state index in [0.29, 0.717) is 9.71 Å². The van der Waals surface area contributed by atoms with Gasteiger partial charge < -0.3 is 9.64 Å². The lowest BCUT2D eigenvalue weighted by Crippen LogP contribution is -2.31. The highest BCUT2D eigenvalue weighted by atomic mass is 35.5. The molecule has 128 valence electrons. The normalized spacial score (nSPS) is 13.8. The standard InChI is InChI=1S/C18H16ClN3O2S/c1-10-13-15(22-8-7-11-5-3-4-6-12(11)9-22)20-18(19)21-16(13)25-14(10)17(23)24-2/h3-6H,7-9H2,1-2H3. The van der Waals surface area contributed by atoms with Crippen molar-refractivity contribution in [2.75, 3.05) is 18.6 Å². The molecule has 1 aliphatic heterocycles. The van der Waals surface area contributed by atoms with Crippen molar-refractivity contribution in [1.82, 2.24) is 9.97 Å². The summed E-state index contributed by atoms with van der Waals surface area (Å²) in [5, 5.41) is 1.08. The number of esters is 1. The number of carbonyl (C=O) groups is 1. The van der Waals surface area contributed by atoms with Gasteiger partial charge in [0.05, 0.1) is 12.5 Å². The number of ether oxygens (including phenoxy) is 1. The van der Waals surface area contributed by atoms with Gasteiger partial charge in [-0.3, -0.25) is 0 Å². The first-order chi connectivity index (χ1) is 12.1. The summed E-state index contributed by atoms with van der Waals surface area (Å²) in [6.07, 6.45) is 0.951. The fourth-order valence-corrected chi connectivity index (χ4v) is 4.59. The van der Waals surface area contributed by atoms with Gasteiger partial charge in [-0.25, -0.2) is 9.78 Å². The number of methoxy groups -OCH3 is 1. The Morgan fingerprint density at radius 2 is 2.04 bits per heavy atom. The van der Waals surface area contributed by atoms with Crippen LogP contribution in [0.1, 0.15) is 26.4 Å². The summed E-state index contributed by atoms with van der Waals surface area (Å²) in [5.74, 6) is 0.431. The minimum absolute atomic E-state index is 0.194. The molecular weight excluding hydrogens is 358 g/mol. The lowest BCUT2D eigenvalue weighted by Gasteiger charge is -2.30. The van der Waals surface area contributed by atoms with Crippen LogP contribution in [0, 0.1) is 6.92 Å². The number of hydrogen-bond acceptors (Lipinski definition) is 6. The van der Waals surface area contributed by atoms with E-state index in [-0.39, 0.29) is 11.3 Å². The Kier molecular flexibility index (Phi) is 4.09. The fourth-order valence-electron chi connectivity index (χ4n) is 3.29. The van der Waals surface area contributed by atoms with Crippen molar-refractivity contribution < 1.29 is 9.53 Å². The van der Waals surface area contributed by atoms with E-state index in [1.54, 1.807) is 0 Å². The maximum absolute atomic E-state index is 12.0. The van der Waals surface area contributed by atoms with Crippen LogP contribution in [0.3, 0.4) is 0 Å². The third-order valence-electron chi connectivity index (χ3n) is 4.54. The number of aromatic nitrogens is 2. The molecule has 3 heterocycles. The molecule has 0 saturated heterocycles. The molecule has 2 aromatic heterocycles. The average molecular weight is 374 g/mol. The number of hydrogen-bond donors (Lipinski definition) is 0. The Labute approximate surface area is 154 Å². The van der Waals surface area contributed by atoms with Crippen LogP contribution in [0.4, 0.5) is 5.82 Å². The summed E-state index contributed by atoms with van der Waals surface area (Å²) < 4.78 is 4.89. The van der Waals surface area contributed by atoms with Gasteiger partial charge in [-0.15, -0.1) is 11.3 Å². The van der Waals surface area contributed by atoms with Gasteiger partial charge in [0, 0.05) is 13.1 Å². The first-order valence-corrected chi connectivity index (χ1v) is 9.14. The first-order valence-electron chi connectivity index (χ1n) is 7.95. The number of benzene rings is 1. The van der Waals surface area contributed by atoms with E-state index in [1.165, 1.54) is 29.6 Å². The second-order valence-electron chi connectivity index (χ2n) is 5.98. The van der Waals surface area contributed by atoms with Crippen LogP contribution in [-0.4, -0.2) is 29.6 Å². The molecular formula is C18H16ClN3O2S. The number of aryl methyl sites for hydroxylation is 1. The Balaban J connectivity index is 1.85. The fraction of sp³-hybridized carbons (Fsp3) is 0.278. The van der Waals surface area contributed by atoms with Crippen LogP contribution < -0.4 is 4.90 Å². The van der Waals surface area contributed by atoms with Crippen molar-refractivity contribution in [2.45, 2.75) is 19.9 Å².